The van der Waals surface area contributed by atoms with Gasteiger partial charge in [-0.1, -0.05) is 25.5 Å². The molecule has 0 radical (unpaired) electrons. The molecular formula is C28H40FN3O3. The van der Waals surface area contributed by atoms with Crippen molar-refractivity contribution in [3.05, 3.63) is 47.3 Å². The zero-order chi connectivity index (χ0) is 25.4. The van der Waals surface area contributed by atoms with E-state index in [9.17, 15) is 14.0 Å². The first-order valence-corrected chi connectivity index (χ1v) is 12.9. The minimum absolute atomic E-state index is 0.0578. The average Bonchev–Trinajstić information content (AvgIpc) is 2.81. The van der Waals surface area contributed by atoms with E-state index in [1.807, 2.05) is 25.7 Å². The minimum Gasteiger partial charge on any atom is -0.444 e. The third-order valence-electron chi connectivity index (χ3n) is 8.04. The molecule has 1 aromatic rings. The standard InChI is InChI=1S/C28H40FN3O3/c1-27(2,3)35-26(34)31-15-12-30(13-16-31)14-17-32(25(33)20-7-10-23(29)11-8-20)19-21-6-9-22-18-24(21)28(22,4)5/h6-8,10-11,22,24H,9,12-19H2,1-5H3. The van der Waals surface area contributed by atoms with Crippen molar-refractivity contribution in [2.24, 2.45) is 17.3 Å². The molecule has 4 aliphatic rings. The van der Waals surface area contributed by atoms with Crippen molar-refractivity contribution in [1.82, 2.24) is 14.7 Å². The highest BCUT2D eigenvalue weighted by Gasteiger charge is 2.51. The summed E-state index contributed by atoms with van der Waals surface area (Å²) in [6.45, 7) is 15.0. The van der Waals surface area contributed by atoms with Gasteiger partial charge in [-0.15, -0.1) is 0 Å². The minimum atomic E-state index is -0.502. The lowest BCUT2D eigenvalue weighted by Crippen LogP contribution is -2.52. The van der Waals surface area contributed by atoms with E-state index in [0.717, 1.165) is 32.0 Å². The van der Waals surface area contributed by atoms with Crippen LogP contribution in [-0.4, -0.2) is 78.1 Å². The van der Waals surface area contributed by atoms with Gasteiger partial charge in [-0.25, -0.2) is 9.18 Å². The van der Waals surface area contributed by atoms with Crippen LogP contribution in [0.2, 0.25) is 0 Å². The molecule has 7 heteroatoms. The summed E-state index contributed by atoms with van der Waals surface area (Å²) < 4.78 is 19.0. The van der Waals surface area contributed by atoms with Gasteiger partial charge in [0.25, 0.3) is 5.91 Å². The van der Waals surface area contributed by atoms with Gasteiger partial charge in [0.05, 0.1) is 0 Å². The molecule has 1 saturated carbocycles. The Morgan fingerprint density at radius 2 is 1.77 bits per heavy atom. The quantitative estimate of drug-likeness (QED) is 0.543. The summed E-state index contributed by atoms with van der Waals surface area (Å²) in [6.07, 6.45) is 4.37. The number of ether oxygens (including phenoxy) is 1. The molecule has 2 fully saturated rings. The molecular weight excluding hydrogens is 445 g/mol. The fourth-order valence-electron chi connectivity index (χ4n) is 5.65. The largest absolute Gasteiger partial charge is 0.444 e. The summed E-state index contributed by atoms with van der Waals surface area (Å²) in [4.78, 5) is 31.8. The lowest BCUT2D eigenvalue weighted by atomic mass is 9.49. The fraction of sp³-hybridized carbons (Fsp3) is 0.643. The van der Waals surface area contributed by atoms with Crippen LogP contribution in [0.25, 0.3) is 0 Å². The number of benzene rings is 1. The Bertz CT molecular complexity index is 959. The number of fused-ring (bicyclic) bond motifs is 1. The van der Waals surface area contributed by atoms with E-state index in [2.05, 4.69) is 24.8 Å². The van der Waals surface area contributed by atoms with E-state index < -0.39 is 5.60 Å². The van der Waals surface area contributed by atoms with Crippen LogP contribution in [0.5, 0.6) is 0 Å². The molecule has 1 heterocycles. The summed E-state index contributed by atoms with van der Waals surface area (Å²) in [5, 5.41) is 0. The molecule has 2 atom stereocenters. The number of carbonyl (C=O) groups excluding carboxylic acids is 2. The Kier molecular flexibility index (Phi) is 7.28. The number of hydrogen-bond acceptors (Lipinski definition) is 4. The SMILES string of the molecule is CC(C)(C)OC(=O)N1CCN(CCN(CC2=CCC3CC2C3(C)C)C(=O)c2ccc(F)cc2)CC1. The fourth-order valence-corrected chi connectivity index (χ4v) is 5.65. The van der Waals surface area contributed by atoms with Crippen molar-refractivity contribution >= 4 is 12.0 Å². The number of allylic oxidation sites excluding steroid dienone is 1. The summed E-state index contributed by atoms with van der Waals surface area (Å²) in [5.74, 6) is 0.881. The lowest BCUT2D eigenvalue weighted by Gasteiger charge is -2.57. The van der Waals surface area contributed by atoms with Crippen LogP contribution in [0, 0.1) is 23.1 Å². The van der Waals surface area contributed by atoms with Crippen molar-refractivity contribution in [3.8, 4) is 0 Å². The molecule has 0 spiro atoms. The van der Waals surface area contributed by atoms with Gasteiger partial charge in [-0.3, -0.25) is 9.69 Å². The molecule has 2 unspecified atom stereocenters. The van der Waals surface area contributed by atoms with Crippen molar-refractivity contribution in [3.63, 3.8) is 0 Å². The maximum Gasteiger partial charge on any atom is 0.410 e. The molecule has 0 aromatic heterocycles. The highest BCUT2D eigenvalue weighted by atomic mass is 19.1. The Morgan fingerprint density at radius 1 is 1.11 bits per heavy atom. The Morgan fingerprint density at radius 3 is 2.34 bits per heavy atom. The van der Waals surface area contributed by atoms with Crippen LogP contribution in [-0.2, 0) is 4.74 Å². The predicted octanol–water partition coefficient (Wildman–Crippen LogP) is 4.81. The van der Waals surface area contributed by atoms with Crippen LogP contribution >= 0.6 is 0 Å². The van der Waals surface area contributed by atoms with Crippen molar-refractivity contribution in [2.45, 2.75) is 53.1 Å². The van der Waals surface area contributed by atoms with E-state index in [-0.39, 0.29) is 17.8 Å². The highest BCUT2D eigenvalue weighted by molar-refractivity contribution is 5.94. The monoisotopic (exact) mass is 485 g/mol. The van der Waals surface area contributed by atoms with Crippen molar-refractivity contribution in [1.29, 1.82) is 0 Å². The number of amides is 2. The lowest BCUT2D eigenvalue weighted by molar-refractivity contribution is -0.0107. The third-order valence-corrected chi connectivity index (χ3v) is 8.04. The van der Waals surface area contributed by atoms with Gasteiger partial charge in [-0.2, -0.15) is 0 Å². The second-order valence-electron chi connectivity index (χ2n) is 11.9. The maximum atomic E-state index is 13.5. The zero-order valence-electron chi connectivity index (χ0n) is 21.8. The van der Waals surface area contributed by atoms with Crippen LogP contribution < -0.4 is 0 Å². The highest BCUT2D eigenvalue weighted by Crippen LogP contribution is 2.59. The van der Waals surface area contributed by atoms with Crippen LogP contribution in [0.4, 0.5) is 9.18 Å². The number of rotatable bonds is 6. The molecule has 6 nitrogen and oxygen atoms in total. The summed E-state index contributed by atoms with van der Waals surface area (Å²) >= 11 is 0. The molecule has 0 N–H and O–H groups in total. The number of nitrogens with zero attached hydrogens (tertiary/aromatic N) is 3. The van der Waals surface area contributed by atoms with E-state index >= 15 is 0 Å². The van der Waals surface area contributed by atoms with E-state index in [0.29, 0.717) is 43.1 Å². The molecule has 1 aromatic carbocycles. The molecule has 5 rings (SSSR count). The van der Waals surface area contributed by atoms with Crippen molar-refractivity contribution in [2.75, 3.05) is 45.8 Å². The van der Waals surface area contributed by atoms with E-state index in [4.69, 9.17) is 4.74 Å². The zero-order valence-corrected chi connectivity index (χ0v) is 21.8. The van der Waals surface area contributed by atoms with E-state index in [1.54, 1.807) is 17.0 Å². The predicted molar refractivity (Wildman–Crippen MR) is 135 cm³/mol. The van der Waals surface area contributed by atoms with Gasteiger partial charge >= 0.3 is 6.09 Å². The second-order valence-corrected chi connectivity index (χ2v) is 11.9. The molecule has 1 saturated heterocycles. The van der Waals surface area contributed by atoms with Gasteiger partial charge < -0.3 is 14.5 Å². The van der Waals surface area contributed by atoms with Crippen LogP contribution in [0.15, 0.2) is 35.9 Å². The summed E-state index contributed by atoms with van der Waals surface area (Å²) in [6, 6.07) is 5.84. The summed E-state index contributed by atoms with van der Waals surface area (Å²) in [7, 11) is 0. The van der Waals surface area contributed by atoms with Gasteiger partial charge in [0.1, 0.15) is 11.4 Å². The maximum absolute atomic E-state index is 13.5. The van der Waals surface area contributed by atoms with Gasteiger partial charge in [-0.05, 0) is 75.1 Å². The number of carbonyl (C=O) groups is 2. The van der Waals surface area contributed by atoms with Gasteiger partial charge in [0, 0.05) is 51.4 Å². The molecule has 1 aliphatic heterocycles. The first-order chi connectivity index (χ1) is 16.4. The first kappa shape index (κ1) is 25.7. The Labute approximate surface area is 209 Å². The van der Waals surface area contributed by atoms with Crippen LogP contribution in [0.3, 0.4) is 0 Å². The molecule has 2 bridgehead atoms. The summed E-state index contributed by atoms with van der Waals surface area (Å²) in [5.41, 5.74) is 1.68. The van der Waals surface area contributed by atoms with E-state index in [1.165, 1.54) is 24.1 Å². The first-order valence-electron chi connectivity index (χ1n) is 12.9. The third kappa shape index (κ3) is 5.88. The number of piperazine rings is 1. The Balaban J connectivity index is 1.38. The second kappa shape index (κ2) is 9.92. The molecule has 3 aliphatic carbocycles. The molecule has 35 heavy (non-hydrogen) atoms. The van der Waals surface area contributed by atoms with Crippen molar-refractivity contribution < 1.29 is 18.7 Å². The van der Waals surface area contributed by atoms with Gasteiger partial charge in [0.2, 0.25) is 0 Å². The number of hydrogen-bond donors (Lipinski definition) is 0. The van der Waals surface area contributed by atoms with Gasteiger partial charge in [0.15, 0.2) is 0 Å². The average molecular weight is 486 g/mol. The van der Waals surface area contributed by atoms with Crippen LogP contribution in [0.1, 0.15) is 57.8 Å². The Hall–Kier alpha value is -2.41. The smallest absolute Gasteiger partial charge is 0.410 e. The molecule has 192 valence electrons. The number of halogens is 1. The molecule has 2 amide bonds. The topological polar surface area (TPSA) is 53.1 Å². The normalized spacial score (nSPS) is 23.8.